The van der Waals surface area contributed by atoms with E-state index in [-0.39, 0.29) is 29.3 Å². The van der Waals surface area contributed by atoms with Gasteiger partial charge in [-0.25, -0.2) is 4.39 Å². The summed E-state index contributed by atoms with van der Waals surface area (Å²) in [6.07, 6.45) is -0.147. The highest BCUT2D eigenvalue weighted by Crippen LogP contribution is 2.44. The lowest BCUT2D eigenvalue weighted by atomic mass is 10.0. The molecule has 5 atom stereocenters. The predicted molar refractivity (Wildman–Crippen MR) is 98.3 cm³/mol. The predicted octanol–water partition coefficient (Wildman–Crippen LogP) is -0.638. The fraction of sp³-hybridized carbons (Fsp3) is 0.588. The van der Waals surface area contributed by atoms with Gasteiger partial charge in [0.1, 0.15) is 24.1 Å². The lowest BCUT2D eigenvalue weighted by molar-refractivity contribution is -0.118. The Balaban J connectivity index is 2.08. The lowest BCUT2D eigenvalue weighted by Gasteiger charge is -2.38. The molecule has 3 rings (SSSR count). The second-order valence-electron chi connectivity index (χ2n) is 7.02. The van der Waals surface area contributed by atoms with Crippen molar-refractivity contribution in [2.45, 2.75) is 51.0 Å². The maximum atomic E-state index is 15.0. The molecule has 10 nitrogen and oxygen atoms in total. The van der Waals surface area contributed by atoms with Crippen molar-refractivity contribution in [2.75, 3.05) is 22.1 Å². The number of nitrogens with one attached hydrogen (secondary N) is 3. The standard InChI is InChI=1S/C17H22FN5O5/c1-5-17(12(18)11(25)9(6-24)28-17)23-8(4)19-10-13(23)20-16(22-15(10)27)21-14(26)7(2)3/h1,7-9,11-12,19,24-25H,6H2,2-4H3,(H2,20,21,22,26,27)/t8?,9-,11-,12-,17-/m1/s1. The van der Waals surface area contributed by atoms with Gasteiger partial charge in [-0.2, -0.15) is 4.98 Å². The number of H-pyrrole nitrogens is 1. The van der Waals surface area contributed by atoms with Crippen LogP contribution in [-0.2, 0) is 9.53 Å². The number of aromatic nitrogens is 2. The summed E-state index contributed by atoms with van der Waals surface area (Å²) in [6.45, 7) is 4.29. The molecule has 3 heterocycles. The Hall–Kier alpha value is -2.68. The van der Waals surface area contributed by atoms with Crippen LogP contribution in [0.5, 0.6) is 0 Å². The Morgan fingerprint density at radius 2 is 2.25 bits per heavy atom. The van der Waals surface area contributed by atoms with Crippen LogP contribution in [0, 0.1) is 18.3 Å². The first-order valence-electron chi connectivity index (χ1n) is 8.76. The molecule has 0 aromatic carbocycles. The topological polar surface area (TPSA) is 140 Å². The fourth-order valence-electron chi connectivity index (χ4n) is 3.29. The van der Waals surface area contributed by atoms with Gasteiger partial charge in [-0.05, 0) is 12.8 Å². The van der Waals surface area contributed by atoms with E-state index in [4.69, 9.17) is 11.2 Å². The van der Waals surface area contributed by atoms with Crippen LogP contribution in [0.15, 0.2) is 4.79 Å². The number of carbonyl (C=O) groups is 1. The van der Waals surface area contributed by atoms with Crippen LogP contribution < -0.4 is 21.1 Å². The number of aromatic amines is 1. The lowest BCUT2D eigenvalue weighted by Crippen LogP contribution is -2.58. The minimum atomic E-state index is -2.11. The van der Waals surface area contributed by atoms with Crippen LogP contribution >= 0.6 is 0 Å². The number of hydrogen-bond acceptors (Lipinski definition) is 8. The summed E-state index contributed by atoms with van der Waals surface area (Å²) >= 11 is 0. The zero-order chi connectivity index (χ0) is 20.8. The number of carbonyl (C=O) groups excluding carboxylic acids is 1. The van der Waals surface area contributed by atoms with Crippen molar-refractivity contribution < 1.29 is 24.1 Å². The first-order valence-corrected chi connectivity index (χ1v) is 8.76. The van der Waals surface area contributed by atoms with Gasteiger partial charge in [0.2, 0.25) is 17.6 Å². The molecule has 1 saturated heterocycles. The van der Waals surface area contributed by atoms with Crippen molar-refractivity contribution in [3.05, 3.63) is 10.4 Å². The van der Waals surface area contributed by atoms with Gasteiger partial charge >= 0.3 is 0 Å². The second kappa shape index (κ2) is 7.05. The number of aliphatic hydroxyl groups is 2. The number of ether oxygens (including phenoxy) is 1. The Bertz CT molecular complexity index is 884. The van der Waals surface area contributed by atoms with E-state index in [1.54, 1.807) is 20.8 Å². The molecule has 11 heteroatoms. The summed E-state index contributed by atoms with van der Waals surface area (Å²) in [6, 6.07) is 0. The van der Waals surface area contributed by atoms with Crippen molar-refractivity contribution >= 4 is 23.4 Å². The van der Waals surface area contributed by atoms with Crippen molar-refractivity contribution in [3.8, 4) is 12.3 Å². The minimum Gasteiger partial charge on any atom is -0.394 e. The third-order valence-electron chi connectivity index (χ3n) is 4.77. The van der Waals surface area contributed by atoms with Crippen LogP contribution in [0.3, 0.4) is 0 Å². The van der Waals surface area contributed by atoms with Crippen LogP contribution in [0.2, 0.25) is 0 Å². The van der Waals surface area contributed by atoms with E-state index in [9.17, 15) is 19.8 Å². The monoisotopic (exact) mass is 395 g/mol. The van der Waals surface area contributed by atoms with Crippen LogP contribution in [0.25, 0.3) is 0 Å². The molecule has 0 saturated carbocycles. The Kier molecular flexibility index (Phi) is 5.05. The summed E-state index contributed by atoms with van der Waals surface area (Å²) in [4.78, 5) is 32.2. The fourth-order valence-corrected chi connectivity index (χ4v) is 3.29. The molecule has 0 radical (unpaired) electrons. The minimum absolute atomic E-state index is 0.0161. The number of aliphatic hydroxyl groups excluding tert-OH is 2. The number of alkyl halides is 1. The molecule has 1 aromatic rings. The van der Waals surface area contributed by atoms with Crippen molar-refractivity contribution in [1.82, 2.24) is 9.97 Å². The molecule has 0 aliphatic carbocycles. The normalized spacial score (nSPS) is 31.4. The molecule has 28 heavy (non-hydrogen) atoms. The van der Waals surface area contributed by atoms with Gasteiger partial charge in [0.25, 0.3) is 5.56 Å². The van der Waals surface area contributed by atoms with Gasteiger partial charge < -0.3 is 20.3 Å². The summed E-state index contributed by atoms with van der Waals surface area (Å²) < 4.78 is 20.5. The molecule has 0 spiro atoms. The molecule has 5 N–H and O–H groups in total. The van der Waals surface area contributed by atoms with E-state index in [2.05, 4.69) is 26.5 Å². The highest BCUT2D eigenvalue weighted by atomic mass is 19.1. The summed E-state index contributed by atoms with van der Waals surface area (Å²) in [5.41, 5.74) is -2.69. The van der Waals surface area contributed by atoms with Crippen LogP contribution in [0.1, 0.15) is 20.8 Å². The van der Waals surface area contributed by atoms with Gasteiger partial charge in [-0.15, -0.1) is 6.42 Å². The summed E-state index contributed by atoms with van der Waals surface area (Å²) in [5.74, 6) is 1.29. The van der Waals surface area contributed by atoms with E-state index in [0.29, 0.717) is 0 Å². The van der Waals surface area contributed by atoms with Crippen molar-refractivity contribution in [3.63, 3.8) is 0 Å². The highest BCUT2D eigenvalue weighted by Gasteiger charge is 2.61. The SMILES string of the molecule is C#C[C@@]1(N2c3nc(NC(=O)C(C)C)[nH]c(=O)c3NC2C)O[C@H](CO)[C@@H](O)[C@H]1F. The maximum absolute atomic E-state index is 15.0. The summed E-state index contributed by atoms with van der Waals surface area (Å²) in [5, 5.41) is 24.7. The second-order valence-corrected chi connectivity index (χ2v) is 7.02. The number of terminal acetylenes is 1. The largest absolute Gasteiger partial charge is 0.394 e. The first-order chi connectivity index (χ1) is 13.2. The van der Waals surface area contributed by atoms with E-state index >= 15 is 4.39 Å². The molecule has 1 fully saturated rings. The average molecular weight is 395 g/mol. The number of nitrogens with zero attached hydrogens (tertiary/aromatic N) is 2. The van der Waals surface area contributed by atoms with Gasteiger partial charge in [0.15, 0.2) is 12.0 Å². The number of halogens is 1. The molecule has 1 amide bonds. The van der Waals surface area contributed by atoms with Gasteiger partial charge in [0.05, 0.1) is 6.61 Å². The third kappa shape index (κ3) is 2.90. The number of anilines is 3. The zero-order valence-electron chi connectivity index (χ0n) is 15.6. The van der Waals surface area contributed by atoms with Crippen molar-refractivity contribution in [2.24, 2.45) is 5.92 Å². The Morgan fingerprint density at radius 1 is 1.57 bits per heavy atom. The smallest absolute Gasteiger partial charge is 0.277 e. The maximum Gasteiger partial charge on any atom is 0.277 e. The van der Waals surface area contributed by atoms with Crippen molar-refractivity contribution in [1.29, 1.82) is 0 Å². The Labute approximate surface area is 160 Å². The average Bonchev–Trinajstić information content (AvgIpc) is 3.11. The Morgan fingerprint density at radius 3 is 2.79 bits per heavy atom. The van der Waals surface area contributed by atoms with Gasteiger partial charge in [-0.1, -0.05) is 13.8 Å². The molecular weight excluding hydrogens is 373 g/mol. The van der Waals surface area contributed by atoms with E-state index < -0.39 is 42.4 Å². The highest BCUT2D eigenvalue weighted by molar-refractivity contribution is 5.91. The van der Waals surface area contributed by atoms with Crippen LogP contribution in [0.4, 0.5) is 21.8 Å². The molecule has 2 aliphatic heterocycles. The van der Waals surface area contributed by atoms with E-state index in [1.807, 2.05) is 0 Å². The molecule has 1 aromatic heterocycles. The number of fused-ring (bicyclic) bond motifs is 1. The van der Waals surface area contributed by atoms with Crippen LogP contribution in [-0.4, -0.2) is 63.0 Å². The third-order valence-corrected chi connectivity index (χ3v) is 4.77. The molecule has 0 bridgehead atoms. The molecule has 1 unspecified atom stereocenters. The molecule has 2 aliphatic rings. The molecule has 152 valence electrons. The zero-order valence-corrected chi connectivity index (χ0v) is 15.6. The quantitative estimate of drug-likeness (QED) is 0.424. The van der Waals surface area contributed by atoms with Gasteiger partial charge in [0, 0.05) is 5.92 Å². The van der Waals surface area contributed by atoms with E-state index in [1.165, 1.54) is 4.90 Å². The number of amides is 1. The number of hydrogen-bond donors (Lipinski definition) is 5. The summed E-state index contributed by atoms with van der Waals surface area (Å²) in [7, 11) is 0. The molecular formula is C17H22FN5O5. The first kappa shape index (κ1) is 20.1. The van der Waals surface area contributed by atoms with Gasteiger partial charge in [-0.3, -0.25) is 24.8 Å². The number of rotatable bonds is 4. The van der Waals surface area contributed by atoms with E-state index in [0.717, 1.165) is 0 Å².